The maximum absolute atomic E-state index is 12.8. The molecule has 2 aromatic heterocycles. The number of pyridine rings is 1. The van der Waals surface area contributed by atoms with E-state index in [0.717, 1.165) is 38.4 Å². The number of aromatic nitrogens is 3. The van der Waals surface area contributed by atoms with Gasteiger partial charge in [-0.15, -0.1) is 5.23 Å². The van der Waals surface area contributed by atoms with E-state index in [4.69, 9.17) is 15.2 Å². The summed E-state index contributed by atoms with van der Waals surface area (Å²) in [6.45, 7) is 4.68. The van der Waals surface area contributed by atoms with Crippen molar-refractivity contribution >= 4 is 33.3 Å². The first-order valence-corrected chi connectivity index (χ1v) is 10.6. The summed E-state index contributed by atoms with van der Waals surface area (Å²) >= 11 is 0. The maximum Gasteiger partial charge on any atom is 0.261 e. The first-order chi connectivity index (χ1) is 16.0. The molecule has 11 heteroatoms. The molecule has 0 atom stereocenters. The number of rotatable bonds is 6. The molecule has 6 N–H and O–H groups in total. The van der Waals surface area contributed by atoms with E-state index in [1.54, 1.807) is 6.07 Å². The fourth-order valence-corrected chi connectivity index (χ4v) is 3.98. The Hall–Kier alpha value is -3.64. The van der Waals surface area contributed by atoms with Gasteiger partial charge in [0.2, 0.25) is 0 Å². The Kier molecular flexibility index (Phi) is 5.60. The molecule has 1 saturated heterocycles. The number of nitrogens with one attached hydrogen (secondary N) is 2. The first-order valence-electron chi connectivity index (χ1n) is 10.6. The fourth-order valence-electron chi connectivity index (χ4n) is 3.98. The Balaban J connectivity index is 1.43. The van der Waals surface area contributed by atoms with Crippen LogP contribution in [0.4, 0.5) is 11.4 Å². The summed E-state index contributed by atoms with van der Waals surface area (Å²) in [6.07, 6.45) is 0. The molecule has 172 valence electrons. The van der Waals surface area contributed by atoms with Crippen LogP contribution < -0.4 is 21.3 Å². The van der Waals surface area contributed by atoms with Crippen LogP contribution in [0.25, 0.3) is 33.3 Å². The fraction of sp³-hybridized carbons (Fsp3) is 0.273. The molecule has 1 aliphatic rings. The van der Waals surface area contributed by atoms with Crippen molar-refractivity contribution in [2.75, 3.05) is 50.4 Å². The summed E-state index contributed by atoms with van der Waals surface area (Å²) in [4.78, 5) is 25.5. The molecule has 11 nitrogen and oxygen atoms in total. The number of hydrogen-bond acceptors (Lipinski definition) is 9. The molecule has 0 saturated carbocycles. The van der Waals surface area contributed by atoms with E-state index in [-0.39, 0.29) is 22.2 Å². The van der Waals surface area contributed by atoms with Crippen LogP contribution in [0, 0.1) is 0 Å². The van der Waals surface area contributed by atoms with Crippen molar-refractivity contribution < 1.29 is 19.9 Å². The minimum absolute atomic E-state index is 0.00849. The van der Waals surface area contributed by atoms with Crippen LogP contribution in [0.2, 0.25) is 0 Å². The van der Waals surface area contributed by atoms with Gasteiger partial charge in [0, 0.05) is 31.1 Å². The molecule has 0 bridgehead atoms. The highest BCUT2D eigenvalue weighted by atomic mass is 16.8. The SMILES string of the molecule is Nc1c(-c2nc3cc(OCCN4CCOCC4)ccc3[nH]2)c(=O)[nH]c2ccc(N(O)O)cc12. The number of anilines is 2. The number of hydrogen-bond donors (Lipinski definition) is 5. The smallest absolute Gasteiger partial charge is 0.261 e. The van der Waals surface area contributed by atoms with Gasteiger partial charge in [0.1, 0.15) is 23.7 Å². The zero-order valence-corrected chi connectivity index (χ0v) is 17.7. The second-order valence-electron chi connectivity index (χ2n) is 7.83. The molecule has 4 aromatic rings. The van der Waals surface area contributed by atoms with E-state index in [1.165, 1.54) is 12.1 Å². The van der Waals surface area contributed by atoms with Crippen LogP contribution in [0.15, 0.2) is 41.2 Å². The Bertz CT molecular complexity index is 1360. The molecule has 2 aromatic carbocycles. The van der Waals surface area contributed by atoms with Crippen molar-refractivity contribution in [1.82, 2.24) is 19.9 Å². The van der Waals surface area contributed by atoms with E-state index in [9.17, 15) is 15.2 Å². The summed E-state index contributed by atoms with van der Waals surface area (Å²) in [7, 11) is 0. The third kappa shape index (κ3) is 4.22. The highest BCUT2D eigenvalue weighted by Crippen LogP contribution is 2.31. The molecular formula is C22H24N6O5. The number of fused-ring (bicyclic) bond motifs is 2. The summed E-state index contributed by atoms with van der Waals surface area (Å²) in [5.74, 6) is 0.996. The molecule has 0 radical (unpaired) electrons. The number of imidazole rings is 1. The number of aromatic amines is 2. The summed E-state index contributed by atoms with van der Waals surface area (Å²) in [5, 5.41) is 19.1. The quantitative estimate of drug-likeness (QED) is 0.276. The Morgan fingerprint density at radius 3 is 2.70 bits per heavy atom. The van der Waals surface area contributed by atoms with E-state index < -0.39 is 5.56 Å². The lowest BCUT2D eigenvalue weighted by atomic mass is 10.1. The largest absolute Gasteiger partial charge is 0.492 e. The third-order valence-electron chi connectivity index (χ3n) is 5.74. The predicted molar refractivity (Wildman–Crippen MR) is 123 cm³/mol. The summed E-state index contributed by atoms with van der Waals surface area (Å²) < 4.78 is 11.2. The van der Waals surface area contributed by atoms with Gasteiger partial charge < -0.3 is 25.2 Å². The highest BCUT2D eigenvalue weighted by molar-refractivity contribution is 5.99. The van der Waals surface area contributed by atoms with Crippen LogP contribution in [0.3, 0.4) is 0 Å². The molecule has 0 aliphatic carbocycles. The predicted octanol–water partition coefficient (Wildman–Crippen LogP) is 1.95. The Labute approximate surface area is 187 Å². The number of H-pyrrole nitrogens is 2. The van der Waals surface area contributed by atoms with Gasteiger partial charge in [-0.05, 0) is 30.3 Å². The van der Waals surface area contributed by atoms with Crippen LogP contribution in [0.5, 0.6) is 5.75 Å². The number of nitrogens with zero attached hydrogens (tertiary/aromatic N) is 3. The number of nitrogen functional groups attached to an aromatic ring is 1. The van der Waals surface area contributed by atoms with E-state index in [0.29, 0.717) is 34.6 Å². The second kappa shape index (κ2) is 8.71. The average molecular weight is 452 g/mol. The molecule has 5 rings (SSSR count). The van der Waals surface area contributed by atoms with E-state index in [1.807, 2.05) is 18.2 Å². The van der Waals surface area contributed by atoms with Crippen LogP contribution in [0.1, 0.15) is 0 Å². The normalized spacial score (nSPS) is 14.7. The minimum atomic E-state index is -0.404. The molecule has 0 amide bonds. The lowest BCUT2D eigenvalue weighted by Crippen LogP contribution is -2.38. The molecule has 3 heterocycles. The van der Waals surface area contributed by atoms with Crippen molar-refractivity contribution in [1.29, 1.82) is 0 Å². The van der Waals surface area contributed by atoms with Gasteiger partial charge in [0.25, 0.3) is 5.56 Å². The van der Waals surface area contributed by atoms with Crippen molar-refractivity contribution in [3.63, 3.8) is 0 Å². The Morgan fingerprint density at radius 1 is 1.12 bits per heavy atom. The molecule has 1 fully saturated rings. The van der Waals surface area contributed by atoms with Crippen molar-refractivity contribution in [2.45, 2.75) is 0 Å². The molecular weight excluding hydrogens is 428 g/mol. The Morgan fingerprint density at radius 2 is 1.91 bits per heavy atom. The van der Waals surface area contributed by atoms with Gasteiger partial charge in [-0.25, -0.2) is 4.98 Å². The number of ether oxygens (including phenoxy) is 2. The van der Waals surface area contributed by atoms with Gasteiger partial charge in [-0.2, -0.15) is 0 Å². The lowest BCUT2D eigenvalue weighted by Gasteiger charge is -2.26. The molecule has 0 spiro atoms. The highest BCUT2D eigenvalue weighted by Gasteiger charge is 2.17. The molecule has 33 heavy (non-hydrogen) atoms. The minimum Gasteiger partial charge on any atom is -0.492 e. The molecule has 1 aliphatic heterocycles. The zero-order valence-electron chi connectivity index (χ0n) is 17.7. The maximum atomic E-state index is 12.8. The number of benzene rings is 2. The summed E-state index contributed by atoms with van der Waals surface area (Å²) in [6, 6.07) is 9.96. The van der Waals surface area contributed by atoms with Gasteiger partial charge in [0.05, 0.1) is 41.1 Å². The van der Waals surface area contributed by atoms with Gasteiger partial charge in [0.15, 0.2) is 0 Å². The van der Waals surface area contributed by atoms with E-state index in [2.05, 4.69) is 19.9 Å². The van der Waals surface area contributed by atoms with Gasteiger partial charge >= 0.3 is 0 Å². The van der Waals surface area contributed by atoms with Crippen molar-refractivity contribution in [3.8, 4) is 17.1 Å². The van der Waals surface area contributed by atoms with Crippen molar-refractivity contribution in [3.05, 3.63) is 46.8 Å². The number of nitrogens with two attached hydrogens (primary N) is 1. The van der Waals surface area contributed by atoms with Crippen LogP contribution in [-0.4, -0.2) is 69.7 Å². The first kappa shape index (κ1) is 21.2. The zero-order chi connectivity index (χ0) is 22.9. The van der Waals surface area contributed by atoms with Crippen molar-refractivity contribution in [2.24, 2.45) is 0 Å². The van der Waals surface area contributed by atoms with Crippen LogP contribution >= 0.6 is 0 Å². The standard InChI is InChI=1S/C22H24N6O5/c23-20-15-11-13(28(30)31)1-3-16(15)26-22(29)19(20)21-24-17-4-2-14(12-18(17)25-21)33-10-7-27-5-8-32-9-6-27/h1-4,11-12,30-31H,5-10H2,(H,24,25)(H3,23,26,29). The van der Waals surface area contributed by atoms with Crippen LogP contribution in [-0.2, 0) is 4.74 Å². The second-order valence-corrected chi connectivity index (χ2v) is 7.83. The van der Waals surface area contributed by atoms with E-state index >= 15 is 0 Å². The third-order valence-corrected chi connectivity index (χ3v) is 5.74. The molecule has 0 unspecified atom stereocenters. The monoisotopic (exact) mass is 452 g/mol. The summed E-state index contributed by atoms with van der Waals surface area (Å²) in [5.41, 5.74) is 8.21. The van der Waals surface area contributed by atoms with Gasteiger partial charge in [-0.3, -0.25) is 20.1 Å². The topological polar surface area (TPSA) is 153 Å². The lowest BCUT2D eigenvalue weighted by molar-refractivity contribution is 0.0292. The number of morpholine rings is 1. The average Bonchev–Trinajstić information content (AvgIpc) is 3.22. The van der Waals surface area contributed by atoms with Gasteiger partial charge in [-0.1, -0.05) is 0 Å².